The summed E-state index contributed by atoms with van der Waals surface area (Å²) in [5.41, 5.74) is 1.38. The maximum absolute atomic E-state index is 11.1. The van der Waals surface area contributed by atoms with E-state index < -0.39 is 0 Å². The number of benzene rings is 1. The molecule has 0 radical (unpaired) electrons. The van der Waals surface area contributed by atoms with Gasteiger partial charge in [-0.1, -0.05) is 12.1 Å². The highest BCUT2D eigenvalue weighted by atomic mass is 16.6. The van der Waals surface area contributed by atoms with Crippen LogP contribution in [0.1, 0.15) is 18.9 Å². The van der Waals surface area contributed by atoms with Crippen molar-refractivity contribution in [2.75, 3.05) is 18.4 Å². The van der Waals surface area contributed by atoms with Crippen LogP contribution in [0.5, 0.6) is 0 Å². The summed E-state index contributed by atoms with van der Waals surface area (Å²) in [4.78, 5) is 10.8. The number of hydrogen-bond acceptors (Lipinski definition) is 4. The number of nitrogens with one attached hydrogen (secondary N) is 2. The Hall–Kier alpha value is -1.62. The van der Waals surface area contributed by atoms with E-state index in [2.05, 4.69) is 17.6 Å². The summed E-state index contributed by atoms with van der Waals surface area (Å²) < 4.78 is 0. The van der Waals surface area contributed by atoms with Crippen LogP contribution in [0.3, 0.4) is 0 Å². The van der Waals surface area contributed by atoms with E-state index in [0.29, 0.717) is 11.3 Å². The van der Waals surface area contributed by atoms with Crippen LogP contribution < -0.4 is 10.6 Å². The Morgan fingerprint density at radius 3 is 2.88 bits per heavy atom. The Balaban J connectivity index is 2.32. The summed E-state index contributed by atoms with van der Waals surface area (Å²) in [5.74, 6) is 0. The summed E-state index contributed by atoms with van der Waals surface area (Å²) in [6, 6.07) is 5.38. The van der Waals surface area contributed by atoms with Gasteiger partial charge in [0, 0.05) is 17.6 Å². The number of aryl methyl sites for hydroxylation is 1. The lowest BCUT2D eigenvalue weighted by Gasteiger charge is -2.25. The molecule has 2 rings (SSSR count). The first kappa shape index (κ1) is 11.9. The van der Waals surface area contributed by atoms with Gasteiger partial charge in [-0.15, -0.1) is 0 Å². The molecule has 1 unspecified atom stereocenters. The summed E-state index contributed by atoms with van der Waals surface area (Å²) in [5, 5.41) is 17.6. The van der Waals surface area contributed by atoms with Crippen LogP contribution in [-0.4, -0.2) is 23.6 Å². The minimum Gasteiger partial charge on any atom is -0.373 e. The van der Waals surface area contributed by atoms with Crippen LogP contribution in [0.15, 0.2) is 18.2 Å². The number of nitro benzene ring substituents is 1. The fourth-order valence-electron chi connectivity index (χ4n) is 2.25. The molecule has 1 atom stereocenters. The number of nitro groups is 1. The zero-order valence-corrected chi connectivity index (χ0v) is 10.1. The van der Waals surface area contributed by atoms with Crippen molar-refractivity contribution in [3.8, 4) is 0 Å². The van der Waals surface area contributed by atoms with Crippen LogP contribution in [-0.2, 0) is 0 Å². The van der Waals surface area contributed by atoms with Gasteiger partial charge in [0.1, 0.15) is 5.69 Å². The lowest BCUT2D eigenvalue weighted by Crippen LogP contribution is -2.37. The van der Waals surface area contributed by atoms with Crippen molar-refractivity contribution >= 4 is 11.4 Å². The van der Waals surface area contributed by atoms with Crippen molar-refractivity contribution in [1.29, 1.82) is 0 Å². The first-order chi connectivity index (χ1) is 8.02. The molecule has 0 aromatic heterocycles. The third-order valence-electron chi connectivity index (χ3n) is 3.23. The van der Waals surface area contributed by atoms with Crippen molar-refractivity contribution in [1.82, 2.24) is 5.32 Å². The Kier molecular flexibility index (Phi) is 3.02. The smallest absolute Gasteiger partial charge is 0.295 e. The Bertz CT molecular complexity index is 439. The number of rotatable bonds is 3. The van der Waals surface area contributed by atoms with Gasteiger partial charge in [0.2, 0.25) is 0 Å². The lowest BCUT2D eigenvalue weighted by molar-refractivity contribution is -0.384. The second-order valence-corrected chi connectivity index (χ2v) is 4.84. The minimum absolute atomic E-state index is 0.0987. The van der Waals surface area contributed by atoms with E-state index in [0.717, 1.165) is 19.5 Å². The third-order valence-corrected chi connectivity index (χ3v) is 3.23. The number of para-hydroxylation sites is 1. The molecular weight excluding hydrogens is 218 g/mol. The van der Waals surface area contributed by atoms with Crippen molar-refractivity contribution in [2.24, 2.45) is 0 Å². The van der Waals surface area contributed by atoms with Gasteiger partial charge < -0.3 is 10.6 Å². The van der Waals surface area contributed by atoms with Gasteiger partial charge >= 0.3 is 0 Å². The predicted octanol–water partition coefficient (Wildman–Crippen LogP) is 2.07. The molecule has 0 saturated carbocycles. The van der Waals surface area contributed by atoms with Gasteiger partial charge in [-0.2, -0.15) is 0 Å². The molecular formula is C12H17N3O2. The van der Waals surface area contributed by atoms with E-state index in [1.165, 1.54) is 0 Å². The number of hydrogen-bond donors (Lipinski definition) is 2. The molecule has 5 heteroatoms. The molecule has 1 fully saturated rings. The molecule has 1 saturated heterocycles. The maximum atomic E-state index is 11.1. The molecule has 0 spiro atoms. The molecule has 1 aliphatic heterocycles. The fraction of sp³-hybridized carbons (Fsp3) is 0.500. The quantitative estimate of drug-likeness (QED) is 0.621. The standard InChI is InChI=1S/C12H17N3O2/c1-9-4-3-5-10(11(9)15(16)17)14-12(2)6-7-13-8-12/h3-5,13-14H,6-8H2,1-2H3. The van der Waals surface area contributed by atoms with Crippen molar-refractivity contribution < 1.29 is 4.92 Å². The Labute approximate surface area is 100 Å². The van der Waals surface area contributed by atoms with Gasteiger partial charge in [0.25, 0.3) is 5.69 Å². The summed E-state index contributed by atoms with van der Waals surface area (Å²) >= 11 is 0. The predicted molar refractivity (Wildman–Crippen MR) is 67.3 cm³/mol. The van der Waals surface area contributed by atoms with Gasteiger partial charge in [0.05, 0.1) is 4.92 Å². The summed E-state index contributed by atoms with van der Waals surface area (Å²) in [6.45, 7) is 5.62. The normalized spacial score (nSPS) is 23.6. The molecule has 5 nitrogen and oxygen atoms in total. The van der Waals surface area contributed by atoms with Crippen molar-refractivity contribution in [2.45, 2.75) is 25.8 Å². The molecule has 1 aromatic carbocycles. The number of nitrogens with zero attached hydrogens (tertiary/aromatic N) is 1. The second-order valence-electron chi connectivity index (χ2n) is 4.84. The van der Waals surface area contributed by atoms with Crippen molar-refractivity contribution in [3.05, 3.63) is 33.9 Å². The SMILES string of the molecule is Cc1cccc(NC2(C)CCNC2)c1[N+](=O)[O-]. The largest absolute Gasteiger partial charge is 0.373 e. The highest BCUT2D eigenvalue weighted by Gasteiger charge is 2.30. The van der Waals surface area contributed by atoms with E-state index in [1.807, 2.05) is 6.07 Å². The van der Waals surface area contributed by atoms with E-state index in [4.69, 9.17) is 0 Å². The highest BCUT2D eigenvalue weighted by Crippen LogP contribution is 2.31. The van der Waals surface area contributed by atoms with E-state index in [9.17, 15) is 10.1 Å². The van der Waals surface area contributed by atoms with Crippen LogP contribution in [0.2, 0.25) is 0 Å². The fourth-order valence-corrected chi connectivity index (χ4v) is 2.25. The topological polar surface area (TPSA) is 67.2 Å². The van der Waals surface area contributed by atoms with Gasteiger partial charge in [-0.05, 0) is 32.9 Å². The average molecular weight is 235 g/mol. The molecule has 17 heavy (non-hydrogen) atoms. The first-order valence-electron chi connectivity index (χ1n) is 5.75. The number of anilines is 1. The van der Waals surface area contributed by atoms with Gasteiger partial charge in [-0.25, -0.2) is 0 Å². The van der Waals surface area contributed by atoms with Crippen LogP contribution in [0, 0.1) is 17.0 Å². The lowest BCUT2D eigenvalue weighted by atomic mass is 10.0. The van der Waals surface area contributed by atoms with Crippen LogP contribution in [0.25, 0.3) is 0 Å². The maximum Gasteiger partial charge on any atom is 0.295 e. The molecule has 0 amide bonds. The van der Waals surface area contributed by atoms with E-state index >= 15 is 0 Å². The average Bonchev–Trinajstić information content (AvgIpc) is 2.64. The van der Waals surface area contributed by atoms with E-state index in [-0.39, 0.29) is 16.1 Å². The molecule has 0 aliphatic carbocycles. The Morgan fingerprint density at radius 1 is 1.53 bits per heavy atom. The summed E-state index contributed by atoms with van der Waals surface area (Å²) in [6.07, 6.45) is 0.970. The molecule has 1 aliphatic rings. The molecule has 92 valence electrons. The Morgan fingerprint density at radius 2 is 2.29 bits per heavy atom. The van der Waals surface area contributed by atoms with Crippen LogP contribution in [0.4, 0.5) is 11.4 Å². The minimum atomic E-state index is -0.316. The third kappa shape index (κ3) is 2.39. The highest BCUT2D eigenvalue weighted by molar-refractivity contribution is 5.66. The van der Waals surface area contributed by atoms with Crippen LogP contribution >= 0.6 is 0 Å². The van der Waals surface area contributed by atoms with Crippen molar-refractivity contribution in [3.63, 3.8) is 0 Å². The molecule has 0 bridgehead atoms. The zero-order valence-electron chi connectivity index (χ0n) is 10.1. The molecule has 1 aromatic rings. The molecule has 2 N–H and O–H groups in total. The monoisotopic (exact) mass is 235 g/mol. The van der Waals surface area contributed by atoms with E-state index in [1.54, 1.807) is 19.1 Å². The van der Waals surface area contributed by atoms with Gasteiger partial charge in [0.15, 0.2) is 0 Å². The first-order valence-corrected chi connectivity index (χ1v) is 5.75. The zero-order chi connectivity index (χ0) is 12.5. The summed E-state index contributed by atoms with van der Waals surface area (Å²) in [7, 11) is 0. The van der Waals surface area contributed by atoms with Gasteiger partial charge in [-0.3, -0.25) is 10.1 Å². The second kappa shape index (κ2) is 4.33. The molecule has 1 heterocycles.